The summed E-state index contributed by atoms with van der Waals surface area (Å²) in [6.07, 6.45) is 1.53. The van der Waals surface area contributed by atoms with Crippen LogP contribution in [0.15, 0.2) is 46.7 Å². The minimum atomic E-state index is -0.473. The van der Waals surface area contributed by atoms with Gasteiger partial charge in [-0.05, 0) is 52.7 Å². The van der Waals surface area contributed by atoms with Crippen LogP contribution in [-0.4, -0.2) is 11.0 Å². The normalized spacial score (nSPS) is 10.8. The Hall–Kier alpha value is -2.58. The summed E-state index contributed by atoms with van der Waals surface area (Å²) in [6, 6.07) is 9.76. The van der Waals surface area contributed by atoms with Gasteiger partial charge in [0.25, 0.3) is 5.91 Å². The van der Waals surface area contributed by atoms with Crippen molar-refractivity contribution in [3.05, 3.63) is 52.2 Å². The summed E-state index contributed by atoms with van der Waals surface area (Å²) in [5, 5.41) is 24.5. The first-order chi connectivity index (χ1) is 9.19. The lowest BCUT2D eigenvalue weighted by molar-refractivity contribution is -0.112. The van der Waals surface area contributed by atoms with E-state index in [9.17, 15) is 4.79 Å². The molecule has 1 aromatic heterocycles. The molecule has 0 saturated carbocycles. The predicted octanol–water partition coefficient (Wildman–Crippen LogP) is 3.00. The highest BCUT2D eigenvalue weighted by atomic mass is 32.1. The van der Waals surface area contributed by atoms with Gasteiger partial charge in [-0.15, -0.1) is 0 Å². The monoisotopic (exact) mass is 270 g/mol. The maximum absolute atomic E-state index is 11.9. The quantitative estimate of drug-likeness (QED) is 0.511. The van der Waals surface area contributed by atoms with Gasteiger partial charge in [-0.3, -0.25) is 4.79 Å². The number of phenolic OH excluding ortho intramolecular Hbond substituents is 1. The third kappa shape index (κ3) is 3.44. The Morgan fingerprint density at radius 1 is 1.32 bits per heavy atom. The summed E-state index contributed by atoms with van der Waals surface area (Å²) < 4.78 is 0. The zero-order valence-corrected chi connectivity index (χ0v) is 10.6. The molecule has 0 saturated heterocycles. The van der Waals surface area contributed by atoms with E-state index in [0.717, 1.165) is 5.56 Å². The average Bonchev–Trinajstić information content (AvgIpc) is 2.91. The fraction of sp³-hybridized carbons (Fsp3) is 0. The molecule has 0 aliphatic heterocycles. The Kier molecular flexibility index (Phi) is 3.96. The van der Waals surface area contributed by atoms with Crippen LogP contribution >= 0.6 is 11.3 Å². The number of carbonyl (C=O) groups excluding carboxylic acids is 1. The maximum Gasteiger partial charge on any atom is 0.266 e. The van der Waals surface area contributed by atoms with Crippen LogP contribution in [-0.2, 0) is 4.79 Å². The van der Waals surface area contributed by atoms with Gasteiger partial charge in [0.15, 0.2) is 0 Å². The number of hydrogen-bond donors (Lipinski definition) is 2. The van der Waals surface area contributed by atoms with E-state index in [2.05, 4.69) is 5.32 Å². The van der Waals surface area contributed by atoms with Crippen molar-refractivity contribution in [3.8, 4) is 11.8 Å². The molecule has 94 valence electrons. The van der Waals surface area contributed by atoms with E-state index in [0.29, 0.717) is 5.69 Å². The molecule has 1 aromatic carbocycles. The molecule has 2 N–H and O–H groups in total. The first-order valence-corrected chi connectivity index (χ1v) is 6.37. The molecule has 1 heterocycles. The summed E-state index contributed by atoms with van der Waals surface area (Å²) in [7, 11) is 0. The molecular weight excluding hydrogens is 260 g/mol. The highest BCUT2D eigenvalue weighted by molar-refractivity contribution is 7.08. The summed E-state index contributed by atoms with van der Waals surface area (Å²) >= 11 is 1.50. The predicted molar refractivity (Wildman–Crippen MR) is 74.6 cm³/mol. The van der Waals surface area contributed by atoms with Crippen molar-refractivity contribution in [2.24, 2.45) is 0 Å². The van der Waals surface area contributed by atoms with E-state index in [1.165, 1.54) is 29.5 Å². The van der Waals surface area contributed by atoms with Crippen LogP contribution in [0.25, 0.3) is 6.08 Å². The van der Waals surface area contributed by atoms with Crippen molar-refractivity contribution in [3.63, 3.8) is 0 Å². The standard InChI is InChI=1S/C14H10N2O2S/c15-8-11(7-10-5-6-19-9-10)14(18)16-12-1-3-13(17)4-2-12/h1-7,9,17H,(H,16,18)/b11-7-. The number of thiophene rings is 1. The van der Waals surface area contributed by atoms with Crippen LogP contribution in [0.3, 0.4) is 0 Å². The Bertz CT molecular complexity index is 637. The number of hydrogen-bond acceptors (Lipinski definition) is 4. The number of phenols is 1. The highest BCUT2D eigenvalue weighted by Crippen LogP contribution is 2.16. The Morgan fingerprint density at radius 3 is 2.63 bits per heavy atom. The van der Waals surface area contributed by atoms with Gasteiger partial charge in [0.05, 0.1) is 0 Å². The Balaban J connectivity index is 2.14. The molecule has 0 spiro atoms. The van der Waals surface area contributed by atoms with Crippen LogP contribution in [0.4, 0.5) is 5.69 Å². The van der Waals surface area contributed by atoms with E-state index < -0.39 is 5.91 Å². The first-order valence-electron chi connectivity index (χ1n) is 5.43. The van der Waals surface area contributed by atoms with Crippen LogP contribution in [0.5, 0.6) is 5.75 Å². The molecule has 2 rings (SSSR count). The molecule has 0 bridgehead atoms. The fourth-order valence-corrected chi connectivity index (χ4v) is 2.03. The van der Waals surface area contributed by atoms with Crippen LogP contribution in [0, 0.1) is 11.3 Å². The van der Waals surface area contributed by atoms with Gasteiger partial charge in [-0.25, -0.2) is 0 Å². The molecule has 1 amide bonds. The number of nitriles is 1. The number of nitrogens with zero attached hydrogens (tertiary/aromatic N) is 1. The lowest BCUT2D eigenvalue weighted by Gasteiger charge is -2.03. The van der Waals surface area contributed by atoms with Gasteiger partial charge in [0.2, 0.25) is 0 Å². The van der Waals surface area contributed by atoms with Crippen LogP contribution in [0.2, 0.25) is 0 Å². The summed E-state index contributed by atoms with van der Waals surface area (Å²) in [5.41, 5.74) is 1.38. The van der Waals surface area contributed by atoms with Crippen molar-refractivity contribution >= 4 is 29.0 Å². The van der Waals surface area contributed by atoms with E-state index in [-0.39, 0.29) is 11.3 Å². The number of nitrogens with one attached hydrogen (secondary N) is 1. The molecule has 0 fully saturated rings. The van der Waals surface area contributed by atoms with Gasteiger partial charge in [-0.1, -0.05) is 0 Å². The number of amides is 1. The van der Waals surface area contributed by atoms with Crippen molar-refractivity contribution in [2.75, 3.05) is 5.32 Å². The van der Waals surface area contributed by atoms with Crippen molar-refractivity contribution < 1.29 is 9.90 Å². The molecule has 0 radical (unpaired) electrons. The van der Waals surface area contributed by atoms with Crippen LogP contribution in [0.1, 0.15) is 5.56 Å². The molecule has 2 aromatic rings. The molecule has 0 unspecified atom stereocenters. The number of rotatable bonds is 3. The van der Waals surface area contributed by atoms with Gasteiger partial charge < -0.3 is 10.4 Å². The van der Waals surface area contributed by atoms with Gasteiger partial charge >= 0.3 is 0 Å². The third-order valence-electron chi connectivity index (χ3n) is 2.34. The number of anilines is 1. The number of benzene rings is 1. The van der Waals surface area contributed by atoms with Crippen molar-refractivity contribution in [1.82, 2.24) is 0 Å². The van der Waals surface area contributed by atoms with E-state index in [4.69, 9.17) is 10.4 Å². The maximum atomic E-state index is 11.9. The van der Waals surface area contributed by atoms with Crippen molar-refractivity contribution in [2.45, 2.75) is 0 Å². The van der Waals surface area contributed by atoms with E-state index in [1.54, 1.807) is 12.1 Å². The Labute approximate surface area is 114 Å². The Morgan fingerprint density at radius 2 is 2.05 bits per heavy atom. The number of carbonyl (C=O) groups is 1. The highest BCUT2D eigenvalue weighted by Gasteiger charge is 2.09. The molecule has 0 aliphatic rings. The topological polar surface area (TPSA) is 73.1 Å². The first kappa shape index (κ1) is 12.9. The molecule has 0 atom stereocenters. The second kappa shape index (κ2) is 5.85. The molecular formula is C14H10N2O2S. The molecule has 5 heteroatoms. The largest absolute Gasteiger partial charge is 0.508 e. The average molecular weight is 270 g/mol. The van der Waals surface area contributed by atoms with E-state index in [1.807, 2.05) is 22.9 Å². The summed E-state index contributed by atoms with van der Waals surface area (Å²) in [4.78, 5) is 11.9. The zero-order chi connectivity index (χ0) is 13.7. The minimum Gasteiger partial charge on any atom is -0.508 e. The summed E-state index contributed by atoms with van der Waals surface area (Å²) in [5.74, 6) is -0.355. The molecule has 4 nitrogen and oxygen atoms in total. The van der Waals surface area contributed by atoms with Crippen molar-refractivity contribution in [1.29, 1.82) is 5.26 Å². The smallest absolute Gasteiger partial charge is 0.266 e. The lowest BCUT2D eigenvalue weighted by Crippen LogP contribution is -2.13. The van der Waals surface area contributed by atoms with Crippen LogP contribution < -0.4 is 5.32 Å². The molecule has 19 heavy (non-hydrogen) atoms. The van der Waals surface area contributed by atoms with Gasteiger partial charge in [0, 0.05) is 5.69 Å². The van der Waals surface area contributed by atoms with Gasteiger partial charge in [-0.2, -0.15) is 16.6 Å². The second-order valence-corrected chi connectivity index (χ2v) is 4.51. The third-order valence-corrected chi connectivity index (χ3v) is 3.05. The van der Waals surface area contributed by atoms with Gasteiger partial charge in [0.1, 0.15) is 17.4 Å². The lowest BCUT2D eigenvalue weighted by atomic mass is 10.2. The fourth-order valence-electron chi connectivity index (χ4n) is 1.42. The SMILES string of the molecule is N#C/C(=C/c1ccsc1)C(=O)Nc1ccc(O)cc1. The van der Waals surface area contributed by atoms with E-state index >= 15 is 0 Å². The zero-order valence-electron chi connectivity index (χ0n) is 9.83. The summed E-state index contributed by atoms with van der Waals surface area (Å²) in [6.45, 7) is 0. The molecule has 0 aliphatic carbocycles. The second-order valence-electron chi connectivity index (χ2n) is 3.73. The minimum absolute atomic E-state index is 0.0338. The number of aromatic hydroxyl groups is 1.